The average Bonchev–Trinajstić information content (AvgIpc) is 3.16. The topological polar surface area (TPSA) is 66.8 Å². The minimum Gasteiger partial charge on any atom is -0.375 e. The molecule has 0 aliphatic rings. The normalized spacial score (nSPS) is 13.9. The second kappa shape index (κ2) is 11.9. The fraction of sp³-hybridized carbons (Fsp3) is 0.500. The van der Waals surface area contributed by atoms with Crippen LogP contribution in [-0.4, -0.2) is 53.1 Å². The van der Waals surface area contributed by atoms with Gasteiger partial charge >= 0.3 is 0 Å². The molecule has 0 aliphatic heterocycles. The van der Waals surface area contributed by atoms with Crippen molar-refractivity contribution >= 4 is 28.1 Å². The summed E-state index contributed by atoms with van der Waals surface area (Å²) >= 11 is 1.61. The van der Waals surface area contributed by atoms with Gasteiger partial charge in [-0.3, -0.25) is 9.20 Å². The first-order valence-corrected chi connectivity index (χ1v) is 11.8. The molecule has 8 heteroatoms. The summed E-state index contributed by atoms with van der Waals surface area (Å²) in [7, 11) is 2.75. The third-order valence-corrected chi connectivity index (χ3v) is 6.47. The number of hydrogen-bond acceptors (Lipinski definition) is 5. The van der Waals surface area contributed by atoms with Gasteiger partial charge in [-0.15, -0.1) is 11.3 Å². The Labute approximate surface area is 174 Å². The van der Waals surface area contributed by atoms with Crippen LogP contribution in [0.4, 0.5) is 0 Å². The smallest absolute Gasteiger partial charge is 0.194 e. The van der Waals surface area contributed by atoms with Crippen LogP contribution in [0.3, 0.4) is 0 Å². The molecule has 0 fully saturated rings. The van der Waals surface area contributed by atoms with E-state index in [1.807, 2.05) is 56.1 Å². The molecule has 1 aromatic carbocycles. The Morgan fingerprint density at radius 1 is 1.39 bits per heavy atom. The first-order chi connectivity index (χ1) is 13.5. The minimum atomic E-state index is -0.924. The molecule has 1 heterocycles. The molecular formula is C20H30N4O2S2. The monoisotopic (exact) mass is 422 g/mol. The highest BCUT2D eigenvalue weighted by Gasteiger charge is 2.12. The maximum Gasteiger partial charge on any atom is 0.194 e. The van der Waals surface area contributed by atoms with E-state index in [0.717, 1.165) is 28.8 Å². The van der Waals surface area contributed by atoms with E-state index in [1.165, 1.54) is 0 Å². The zero-order valence-corrected chi connectivity index (χ0v) is 18.7. The lowest BCUT2D eigenvalue weighted by Crippen LogP contribution is -2.38. The van der Waals surface area contributed by atoms with Crippen LogP contribution in [-0.2, 0) is 27.8 Å². The number of methoxy groups -OCH3 is 1. The van der Waals surface area contributed by atoms with Crippen LogP contribution in [0.1, 0.15) is 36.2 Å². The van der Waals surface area contributed by atoms with Crippen molar-refractivity contribution in [3.8, 4) is 0 Å². The van der Waals surface area contributed by atoms with Crippen molar-refractivity contribution < 1.29 is 8.95 Å². The van der Waals surface area contributed by atoms with Gasteiger partial charge in [0.15, 0.2) is 5.96 Å². The Balaban J connectivity index is 1.89. The van der Waals surface area contributed by atoms with Crippen LogP contribution in [0.5, 0.6) is 0 Å². The fourth-order valence-electron chi connectivity index (χ4n) is 2.56. The second-order valence-electron chi connectivity index (χ2n) is 6.42. The minimum absolute atomic E-state index is 0.00514. The number of hydrogen-bond donors (Lipinski definition) is 1. The summed E-state index contributed by atoms with van der Waals surface area (Å²) in [5.74, 6) is 1.92. The highest BCUT2D eigenvalue weighted by molar-refractivity contribution is 7.84. The number of ether oxygens (including phenoxy) is 1. The van der Waals surface area contributed by atoms with Crippen molar-refractivity contribution in [2.45, 2.75) is 32.2 Å². The van der Waals surface area contributed by atoms with Crippen molar-refractivity contribution in [1.29, 1.82) is 0 Å². The van der Waals surface area contributed by atoms with Gasteiger partial charge in [-0.2, -0.15) is 0 Å². The molecule has 0 spiro atoms. The molecule has 154 valence electrons. The quantitative estimate of drug-likeness (QED) is 0.470. The predicted octanol–water partition coefficient (Wildman–Crippen LogP) is 3.20. The zero-order valence-electron chi connectivity index (χ0n) is 17.1. The molecule has 2 unspecified atom stereocenters. The van der Waals surface area contributed by atoms with Gasteiger partial charge in [-0.1, -0.05) is 30.3 Å². The molecule has 6 nitrogen and oxygen atoms in total. The van der Waals surface area contributed by atoms with Crippen LogP contribution < -0.4 is 5.32 Å². The number of rotatable bonds is 10. The van der Waals surface area contributed by atoms with Gasteiger partial charge in [0.25, 0.3) is 0 Å². The number of nitrogens with zero attached hydrogens (tertiary/aromatic N) is 3. The fourth-order valence-corrected chi connectivity index (χ4v) is 4.40. The lowest BCUT2D eigenvalue weighted by molar-refractivity contribution is 0.119. The Morgan fingerprint density at radius 3 is 2.82 bits per heavy atom. The van der Waals surface area contributed by atoms with Crippen LogP contribution >= 0.6 is 11.3 Å². The van der Waals surface area contributed by atoms with Crippen LogP contribution in [0, 0.1) is 0 Å². The van der Waals surface area contributed by atoms with Gasteiger partial charge in [0.2, 0.25) is 0 Å². The Hall–Kier alpha value is -1.77. The molecule has 0 saturated heterocycles. The lowest BCUT2D eigenvalue weighted by atomic mass is 10.2. The van der Waals surface area contributed by atoms with E-state index in [0.29, 0.717) is 24.6 Å². The molecule has 2 atom stereocenters. The number of aromatic nitrogens is 1. The number of aliphatic imine (C=N–C) groups is 1. The maximum atomic E-state index is 12.3. The highest BCUT2D eigenvalue weighted by atomic mass is 32.2. The number of thiazole rings is 1. The first kappa shape index (κ1) is 22.5. The van der Waals surface area contributed by atoms with E-state index in [2.05, 4.69) is 20.7 Å². The van der Waals surface area contributed by atoms with Crippen molar-refractivity contribution in [1.82, 2.24) is 15.2 Å². The predicted molar refractivity (Wildman–Crippen MR) is 118 cm³/mol. The highest BCUT2D eigenvalue weighted by Crippen LogP contribution is 2.20. The molecule has 0 aliphatic carbocycles. The van der Waals surface area contributed by atoms with E-state index in [9.17, 15) is 4.21 Å². The van der Waals surface area contributed by atoms with E-state index >= 15 is 0 Å². The van der Waals surface area contributed by atoms with Crippen molar-refractivity contribution in [2.24, 2.45) is 4.99 Å². The summed E-state index contributed by atoms with van der Waals surface area (Å²) in [5.41, 5.74) is 2.09. The maximum absolute atomic E-state index is 12.3. The van der Waals surface area contributed by atoms with Gasteiger partial charge in [-0.05, 0) is 19.4 Å². The standard InChI is InChI=1S/C20H30N4O2S2/c1-5-21-20(22-11-12-28(25)15-17-9-7-6-8-10-17)24(3)13-18-14-27-19(23-18)16(2)26-4/h6-10,14,16H,5,11-13,15H2,1-4H3,(H,21,22). The van der Waals surface area contributed by atoms with Crippen LogP contribution in [0.15, 0.2) is 40.7 Å². The van der Waals surface area contributed by atoms with Crippen molar-refractivity contribution in [3.63, 3.8) is 0 Å². The Kier molecular flexibility index (Phi) is 9.60. The largest absolute Gasteiger partial charge is 0.375 e. The van der Waals surface area contributed by atoms with E-state index in [1.54, 1.807) is 18.4 Å². The molecule has 0 bridgehead atoms. The summed E-state index contributed by atoms with van der Waals surface area (Å²) in [4.78, 5) is 11.3. The molecule has 2 aromatic rings. The summed E-state index contributed by atoms with van der Waals surface area (Å²) in [6.45, 7) is 5.99. The number of benzene rings is 1. The molecule has 1 N–H and O–H groups in total. The average molecular weight is 423 g/mol. The van der Waals surface area contributed by atoms with E-state index < -0.39 is 10.8 Å². The summed E-state index contributed by atoms with van der Waals surface area (Å²) in [6.07, 6.45) is 0.00514. The molecule has 28 heavy (non-hydrogen) atoms. The third-order valence-electron chi connectivity index (χ3n) is 4.12. The molecule has 0 radical (unpaired) electrons. The SMILES string of the molecule is CCNC(=NCCS(=O)Cc1ccccc1)N(C)Cc1csc(C(C)OC)n1. The Bertz CT molecular complexity index is 765. The van der Waals surface area contributed by atoms with E-state index in [-0.39, 0.29) is 6.10 Å². The van der Waals surface area contributed by atoms with Crippen LogP contribution in [0.2, 0.25) is 0 Å². The van der Waals surface area contributed by atoms with Crippen molar-refractivity contribution in [3.05, 3.63) is 52.0 Å². The zero-order chi connectivity index (χ0) is 20.4. The van der Waals surface area contributed by atoms with Gasteiger partial charge in [0.05, 0.1) is 18.8 Å². The molecule has 0 saturated carbocycles. The Morgan fingerprint density at radius 2 is 2.14 bits per heavy atom. The second-order valence-corrected chi connectivity index (χ2v) is 8.89. The molecule has 2 rings (SSSR count). The first-order valence-electron chi connectivity index (χ1n) is 9.39. The lowest BCUT2D eigenvalue weighted by Gasteiger charge is -2.21. The van der Waals surface area contributed by atoms with E-state index in [4.69, 9.17) is 4.74 Å². The van der Waals surface area contributed by atoms with Crippen LogP contribution in [0.25, 0.3) is 0 Å². The van der Waals surface area contributed by atoms with Gasteiger partial charge < -0.3 is 15.0 Å². The van der Waals surface area contributed by atoms with Gasteiger partial charge in [0.1, 0.15) is 11.1 Å². The third kappa shape index (κ3) is 7.33. The number of nitrogens with one attached hydrogen (secondary N) is 1. The molecule has 0 amide bonds. The summed E-state index contributed by atoms with van der Waals surface area (Å²) < 4.78 is 17.6. The van der Waals surface area contributed by atoms with Gasteiger partial charge in [-0.25, -0.2) is 4.98 Å². The number of guanidine groups is 1. The molecular weight excluding hydrogens is 392 g/mol. The van der Waals surface area contributed by atoms with Crippen molar-refractivity contribution in [2.75, 3.05) is 33.0 Å². The molecule has 1 aromatic heterocycles. The summed E-state index contributed by atoms with van der Waals surface area (Å²) in [6, 6.07) is 9.92. The van der Waals surface area contributed by atoms with Gasteiger partial charge in [0, 0.05) is 48.4 Å². The summed E-state index contributed by atoms with van der Waals surface area (Å²) in [5, 5.41) is 6.33.